The van der Waals surface area contributed by atoms with Gasteiger partial charge in [0.05, 0.1) is 5.69 Å². The average Bonchev–Trinajstić information content (AvgIpc) is 2.47. The first-order valence-electron chi connectivity index (χ1n) is 3.36. The van der Waals surface area contributed by atoms with Crippen LogP contribution in [0.4, 0.5) is 0 Å². The Morgan fingerprint density at radius 2 is 2.25 bits per heavy atom. The minimum absolute atomic E-state index is 0.0965. The Hall–Kier alpha value is -0.420. The Morgan fingerprint density at radius 1 is 1.42 bits per heavy atom. The van der Waals surface area contributed by atoms with E-state index in [1.807, 2.05) is 12.1 Å². The van der Waals surface area contributed by atoms with Crippen molar-refractivity contribution >= 4 is 42.9 Å². The number of nitrogens with zero attached hydrogens (tertiary/aromatic N) is 2. The lowest BCUT2D eigenvalue weighted by Crippen LogP contribution is -1.80. The second kappa shape index (κ2) is 3.14. The molecule has 0 fully saturated rings. The van der Waals surface area contributed by atoms with Crippen LogP contribution in [0.1, 0.15) is 9.43 Å². The third-order valence-electron chi connectivity index (χ3n) is 1.58. The highest BCUT2D eigenvalue weighted by Gasteiger charge is 2.10. The number of hydrogen-bond donors (Lipinski definition) is 1. The molecule has 0 unspecified atom stereocenters. The van der Waals surface area contributed by atoms with Gasteiger partial charge in [-0.15, -0.1) is 0 Å². The van der Waals surface area contributed by atoms with E-state index in [4.69, 9.17) is 0 Å². The lowest BCUT2D eigenvalue weighted by atomic mass is 10.3. The zero-order valence-electron chi connectivity index (χ0n) is 5.96. The van der Waals surface area contributed by atoms with E-state index in [0.717, 1.165) is 16.7 Å². The maximum absolute atomic E-state index is 4.10. The average molecular weight is 291 g/mol. The predicted molar refractivity (Wildman–Crippen MR) is 54.5 cm³/mol. The standard InChI is InChI=1S/C7H5Br2N3/c8-6(9)5-4-2-1-3-10-7(4)12-11-5/h1-3,6H,(H,10,11,12). The highest BCUT2D eigenvalue weighted by atomic mass is 79.9. The van der Waals surface area contributed by atoms with Gasteiger partial charge in [-0.3, -0.25) is 5.10 Å². The van der Waals surface area contributed by atoms with Crippen LogP contribution >= 0.6 is 31.9 Å². The van der Waals surface area contributed by atoms with E-state index in [0.29, 0.717) is 0 Å². The van der Waals surface area contributed by atoms with E-state index in [-0.39, 0.29) is 3.74 Å². The molecule has 0 amide bonds. The molecular weight excluding hydrogens is 286 g/mol. The molecule has 5 heteroatoms. The lowest BCUT2D eigenvalue weighted by molar-refractivity contribution is 1.05. The van der Waals surface area contributed by atoms with Gasteiger partial charge in [-0.2, -0.15) is 5.10 Å². The van der Waals surface area contributed by atoms with Crippen LogP contribution in [0.3, 0.4) is 0 Å². The van der Waals surface area contributed by atoms with E-state index >= 15 is 0 Å². The van der Waals surface area contributed by atoms with Crippen molar-refractivity contribution in [1.29, 1.82) is 0 Å². The summed E-state index contributed by atoms with van der Waals surface area (Å²) in [5, 5.41) is 7.99. The minimum atomic E-state index is 0.0965. The third kappa shape index (κ3) is 1.27. The highest BCUT2D eigenvalue weighted by molar-refractivity contribution is 9.24. The maximum Gasteiger partial charge on any atom is 0.181 e. The zero-order chi connectivity index (χ0) is 8.55. The molecule has 2 aromatic rings. The number of halogens is 2. The molecule has 0 radical (unpaired) electrons. The maximum atomic E-state index is 4.10. The second-order valence-electron chi connectivity index (χ2n) is 2.31. The zero-order valence-corrected chi connectivity index (χ0v) is 9.13. The molecule has 0 saturated heterocycles. The third-order valence-corrected chi connectivity index (χ3v) is 2.49. The second-order valence-corrected chi connectivity index (χ2v) is 5.37. The molecule has 12 heavy (non-hydrogen) atoms. The van der Waals surface area contributed by atoms with Crippen molar-refractivity contribution in [3.63, 3.8) is 0 Å². The van der Waals surface area contributed by atoms with Gasteiger partial charge >= 0.3 is 0 Å². The molecule has 62 valence electrons. The molecule has 0 atom stereocenters. The Morgan fingerprint density at radius 3 is 3.00 bits per heavy atom. The molecule has 2 heterocycles. The molecular formula is C7H5Br2N3. The van der Waals surface area contributed by atoms with Crippen molar-refractivity contribution in [1.82, 2.24) is 15.2 Å². The lowest BCUT2D eigenvalue weighted by Gasteiger charge is -1.95. The summed E-state index contributed by atoms with van der Waals surface area (Å²) in [5.41, 5.74) is 1.74. The van der Waals surface area contributed by atoms with E-state index in [1.165, 1.54) is 0 Å². The molecule has 2 aromatic heterocycles. The number of aromatic nitrogens is 3. The molecule has 0 aliphatic heterocycles. The van der Waals surface area contributed by atoms with Crippen LogP contribution < -0.4 is 0 Å². The van der Waals surface area contributed by atoms with Gasteiger partial charge in [0, 0.05) is 11.6 Å². The van der Waals surface area contributed by atoms with Crippen molar-refractivity contribution in [2.75, 3.05) is 0 Å². The van der Waals surface area contributed by atoms with Crippen LogP contribution in [-0.2, 0) is 0 Å². The Bertz CT molecular complexity index is 396. The van der Waals surface area contributed by atoms with E-state index in [2.05, 4.69) is 47.0 Å². The highest BCUT2D eigenvalue weighted by Crippen LogP contribution is 2.31. The predicted octanol–water partition coefficient (Wildman–Crippen LogP) is 2.75. The summed E-state index contributed by atoms with van der Waals surface area (Å²) in [6.45, 7) is 0. The van der Waals surface area contributed by atoms with Crippen LogP contribution in [0.25, 0.3) is 11.0 Å². The summed E-state index contributed by atoms with van der Waals surface area (Å²) < 4.78 is 0.0965. The van der Waals surface area contributed by atoms with Crippen molar-refractivity contribution in [2.45, 2.75) is 3.74 Å². The summed E-state index contributed by atoms with van der Waals surface area (Å²) in [4.78, 5) is 4.10. The van der Waals surface area contributed by atoms with Crippen molar-refractivity contribution in [3.05, 3.63) is 24.0 Å². The molecule has 0 spiro atoms. The van der Waals surface area contributed by atoms with Gasteiger partial charge in [-0.05, 0) is 12.1 Å². The van der Waals surface area contributed by atoms with Crippen LogP contribution in [0.5, 0.6) is 0 Å². The van der Waals surface area contributed by atoms with Gasteiger partial charge in [0.1, 0.15) is 3.74 Å². The number of aromatic amines is 1. The van der Waals surface area contributed by atoms with Gasteiger partial charge in [-0.25, -0.2) is 4.98 Å². The van der Waals surface area contributed by atoms with Crippen LogP contribution in [0.15, 0.2) is 18.3 Å². The van der Waals surface area contributed by atoms with Gasteiger partial charge in [0.25, 0.3) is 0 Å². The number of rotatable bonds is 1. The number of hydrogen-bond acceptors (Lipinski definition) is 2. The first-order chi connectivity index (χ1) is 5.79. The number of pyridine rings is 1. The Balaban J connectivity index is 2.70. The number of alkyl halides is 2. The summed E-state index contributed by atoms with van der Waals surface area (Å²) in [5.74, 6) is 0. The van der Waals surface area contributed by atoms with Gasteiger partial charge in [-0.1, -0.05) is 31.9 Å². The summed E-state index contributed by atoms with van der Waals surface area (Å²) in [6.07, 6.45) is 1.73. The topological polar surface area (TPSA) is 41.6 Å². The fourth-order valence-electron chi connectivity index (χ4n) is 1.04. The summed E-state index contributed by atoms with van der Waals surface area (Å²) >= 11 is 6.80. The largest absolute Gasteiger partial charge is 0.278 e. The summed E-state index contributed by atoms with van der Waals surface area (Å²) in [6, 6.07) is 3.88. The molecule has 2 rings (SSSR count). The summed E-state index contributed by atoms with van der Waals surface area (Å²) in [7, 11) is 0. The monoisotopic (exact) mass is 289 g/mol. The van der Waals surface area contributed by atoms with Gasteiger partial charge in [0.15, 0.2) is 5.65 Å². The fourth-order valence-corrected chi connectivity index (χ4v) is 1.73. The molecule has 0 aromatic carbocycles. The fraction of sp³-hybridized carbons (Fsp3) is 0.143. The normalized spacial score (nSPS) is 11.2. The van der Waals surface area contributed by atoms with Crippen LogP contribution in [0.2, 0.25) is 0 Å². The van der Waals surface area contributed by atoms with Crippen molar-refractivity contribution < 1.29 is 0 Å². The first-order valence-corrected chi connectivity index (χ1v) is 5.19. The molecule has 0 aliphatic rings. The Kier molecular flexibility index (Phi) is 2.14. The number of fused-ring (bicyclic) bond motifs is 1. The van der Waals surface area contributed by atoms with Gasteiger partial charge in [0.2, 0.25) is 0 Å². The van der Waals surface area contributed by atoms with E-state index in [9.17, 15) is 0 Å². The van der Waals surface area contributed by atoms with Crippen molar-refractivity contribution in [2.24, 2.45) is 0 Å². The number of nitrogens with one attached hydrogen (secondary N) is 1. The Labute approximate surface area is 85.8 Å². The van der Waals surface area contributed by atoms with Crippen molar-refractivity contribution in [3.8, 4) is 0 Å². The molecule has 3 nitrogen and oxygen atoms in total. The minimum Gasteiger partial charge on any atom is -0.278 e. The van der Waals surface area contributed by atoms with E-state index in [1.54, 1.807) is 6.20 Å². The molecule has 0 aliphatic carbocycles. The number of H-pyrrole nitrogens is 1. The molecule has 0 saturated carbocycles. The molecule has 0 bridgehead atoms. The van der Waals surface area contributed by atoms with Crippen LogP contribution in [0, 0.1) is 0 Å². The van der Waals surface area contributed by atoms with Gasteiger partial charge < -0.3 is 0 Å². The first kappa shape index (κ1) is 8.19. The van der Waals surface area contributed by atoms with Crippen LogP contribution in [-0.4, -0.2) is 15.2 Å². The van der Waals surface area contributed by atoms with E-state index < -0.39 is 0 Å². The SMILES string of the molecule is BrC(Br)c1[nH]nc2ncccc12. The smallest absolute Gasteiger partial charge is 0.181 e. The quantitative estimate of drug-likeness (QED) is 0.821. The molecule has 1 N–H and O–H groups in total.